The average molecular weight is 410 g/mol. The van der Waals surface area contributed by atoms with Crippen LogP contribution >= 0.6 is 0 Å². The van der Waals surface area contributed by atoms with Gasteiger partial charge in [0.15, 0.2) is 5.60 Å². The fourth-order valence-corrected chi connectivity index (χ4v) is 3.18. The zero-order valence-electron chi connectivity index (χ0n) is 17.6. The number of nitrogens with one attached hydrogen (secondary N) is 1. The van der Waals surface area contributed by atoms with Crippen LogP contribution < -0.4 is 15.0 Å². The molecule has 0 saturated heterocycles. The van der Waals surface area contributed by atoms with E-state index >= 15 is 0 Å². The van der Waals surface area contributed by atoms with Crippen LogP contribution in [0.1, 0.15) is 44.5 Å². The zero-order valence-corrected chi connectivity index (χ0v) is 17.6. The molecule has 7 heteroatoms. The molecule has 2 amide bonds. The fourth-order valence-electron chi connectivity index (χ4n) is 3.18. The molecule has 0 unspecified atom stereocenters. The van der Waals surface area contributed by atoms with Gasteiger partial charge in [-0.1, -0.05) is 18.2 Å². The van der Waals surface area contributed by atoms with Crippen molar-refractivity contribution in [1.29, 1.82) is 0 Å². The molecular formula is C23H26N2O5. The summed E-state index contributed by atoms with van der Waals surface area (Å²) in [7, 11) is 0. The summed E-state index contributed by atoms with van der Waals surface area (Å²) in [5.74, 6) is -0.302. The maximum atomic E-state index is 12.8. The van der Waals surface area contributed by atoms with Gasteiger partial charge in [-0.25, -0.2) is 4.79 Å². The predicted octanol–water partition coefficient (Wildman–Crippen LogP) is 3.78. The number of ether oxygens (including phenoxy) is 2. The molecule has 1 N–H and O–H groups in total. The molecule has 158 valence electrons. The van der Waals surface area contributed by atoms with Crippen molar-refractivity contribution in [2.24, 2.45) is 0 Å². The van der Waals surface area contributed by atoms with Crippen LogP contribution in [0.25, 0.3) is 0 Å². The Labute approximate surface area is 176 Å². The maximum absolute atomic E-state index is 12.8. The van der Waals surface area contributed by atoms with E-state index in [1.54, 1.807) is 69.0 Å². The molecular weight excluding hydrogens is 384 g/mol. The Bertz CT molecular complexity index is 968. The predicted molar refractivity (Wildman–Crippen MR) is 114 cm³/mol. The van der Waals surface area contributed by atoms with Crippen LogP contribution in [0.2, 0.25) is 0 Å². The highest BCUT2D eigenvalue weighted by Crippen LogP contribution is 2.37. The Morgan fingerprint density at radius 3 is 2.60 bits per heavy atom. The van der Waals surface area contributed by atoms with Gasteiger partial charge in [0.05, 0.1) is 17.4 Å². The van der Waals surface area contributed by atoms with Crippen molar-refractivity contribution in [3.63, 3.8) is 0 Å². The Hall–Kier alpha value is -3.35. The van der Waals surface area contributed by atoms with Gasteiger partial charge in [0.1, 0.15) is 5.75 Å². The SMILES string of the molecule is CC(C)OC(=O)c1cccc(NC(=O)CCN2C(=O)C(C)(C)Oc3ccccc32)c1. The summed E-state index contributed by atoms with van der Waals surface area (Å²) in [4.78, 5) is 38.9. The minimum absolute atomic E-state index is 0.0941. The molecule has 7 nitrogen and oxygen atoms in total. The van der Waals surface area contributed by atoms with E-state index in [-0.39, 0.29) is 30.9 Å². The molecule has 1 aliphatic rings. The number of nitrogens with zero attached hydrogens (tertiary/aromatic N) is 1. The minimum atomic E-state index is -1.00. The van der Waals surface area contributed by atoms with Crippen LogP contribution in [-0.4, -0.2) is 36.0 Å². The van der Waals surface area contributed by atoms with Crippen molar-refractivity contribution in [1.82, 2.24) is 0 Å². The van der Waals surface area contributed by atoms with Gasteiger partial charge in [0.2, 0.25) is 5.91 Å². The van der Waals surface area contributed by atoms with Crippen molar-refractivity contribution in [3.8, 4) is 5.75 Å². The maximum Gasteiger partial charge on any atom is 0.338 e. The zero-order chi connectivity index (χ0) is 21.9. The second kappa shape index (κ2) is 8.57. The number of carbonyl (C=O) groups excluding carboxylic acids is 3. The normalized spacial score (nSPS) is 14.7. The minimum Gasteiger partial charge on any atom is -0.476 e. The molecule has 3 rings (SSSR count). The summed E-state index contributed by atoms with van der Waals surface area (Å²) in [6.07, 6.45) is -0.134. The van der Waals surface area contributed by atoms with Gasteiger partial charge in [-0.05, 0) is 58.0 Å². The molecule has 1 aliphatic heterocycles. The third-order valence-electron chi connectivity index (χ3n) is 4.57. The van der Waals surface area contributed by atoms with Crippen LogP contribution in [0.5, 0.6) is 5.75 Å². The van der Waals surface area contributed by atoms with Crippen molar-refractivity contribution in [3.05, 3.63) is 54.1 Å². The van der Waals surface area contributed by atoms with Gasteiger partial charge in [0.25, 0.3) is 5.91 Å². The second-order valence-electron chi connectivity index (χ2n) is 7.87. The van der Waals surface area contributed by atoms with E-state index in [0.717, 1.165) is 0 Å². The average Bonchev–Trinajstić information content (AvgIpc) is 2.68. The molecule has 30 heavy (non-hydrogen) atoms. The van der Waals surface area contributed by atoms with E-state index in [1.165, 1.54) is 0 Å². The summed E-state index contributed by atoms with van der Waals surface area (Å²) in [6, 6.07) is 13.8. The molecule has 0 aromatic heterocycles. The molecule has 1 heterocycles. The summed E-state index contributed by atoms with van der Waals surface area (Å²) in [6.45, 7) is 7.18. The summed E-state index contributed by atoms with van der Waals surface area (Å²) in [5.41, 5.74) is 0.497. The topological polar surface area (TPSA) is 84.9 Å². The number of carbonyl (C=O) groups is 3. The Balaban J connectivity index is 1.66. The lowest BCUT2D eigenvalue weighted by molar-refractivity contribution is -0.132. The third kappa shape index (κ3) is 4.79. The summed E-state index contributed by atoms with van der Waals surface area (Å²) < 4.78 is 11.0. The van der Waals surface area contributed by atoms with Crippen LogP contribution in [0.15, 0.2) is 48.5 Å². The summed E-state index contributed by atoms with van der Waals surface area (Å²) in [5, 5.41) is 2.77. The highest BCUT2D eigenvalue weighted by molar-refractivity contribution is 6.03. The third-order valence-corrected chi connectivity index (χ3v) is 4.57. The molecule has 0 bridgehead atoms. The van der Waals surface area contributed by atoms with Gasteiger partial charge in [-0.2, -0.15) is 0 Å². The second-order valence-corrected chi connectivity index (χ2v) is 7.87. The molecule has 0 atom stereocenters. The first-order valence-electron chi connectivity index (χ1n) is 9.88. The van der Waals surface area contributed by atoms with Crippen molar-refractivity contribution in [2.45, 2.75) is 45.8 Å². The van der Waals surface area contributed by atoms with E-state index in [4.69, 9.17) is 9.47 Å². The Kier molecular flexibility index (Phi) is 6.10. The first kappa shape index (κ1) is 21.4. The largest absolute Gasteiger partial charge is 0.476 e. The lowest BCUT2D eigenvalue weighted by Gasteiger charge is -2.38. The number of hydrogen-bond acceptors (Lipinski definition) is 5. The number of rotatable bonds is 6. The first-order valence-corrected chi connectivity index (χ1v) is 9.88. The van der Waals surface area contributed by atoms with E-state index in [0.29, 0.717) is 22.7 Å². The van der Waals surface area contributed by atoms with Gasteiger partial charge < -0.3 is 19.7 Å². The smallest absolute Gasteiger partial charge is 0.338 e. The highest BCUT2D eigenvalue weighted by Gasteiger charge is 2.40. The van der Waals surface area contributed by atoms with E-state index in [9.17, 15) is 14.4 Å². The van der Waals surface area contributed by atoms with Gasteiger partial charge in [-0.15, -0.1) is 0 Å². The van der Waals surface area contributed by atoms with Crippen LogP contribution in [0.3, 0.4) is 0 Å². The number of para-hydroxylation sites is 2. The quantitative estimate of drug-likeness (QED) is 0.733. The molecule has 2 aromatic carbocycles. The number of esters is 1. The number of fused-ring (bicyclic) bond motifs is 1. The van der Waals surface area contributed by atoms with Gasteiger partial charge in [-0.3, -0.25) is 9.59 Å². The lowest BCUT2D eigenvalue weighted by Crippen LogP contribution is -2.53. The molecule has 0 aliphatic carbocycles. The van der Waals surface area contributed by atoms with Crippen molar-refractivity contribution in [2.75, 3.05) is 16.8 Å². The van der Waals surface area contributed by atoms with Crippen LogP contribution in [-0.2, 0) is 14.3 Å². The Morgan fingerprint density at radius 2 is 1.87 bits per heavy atom. The van der Waals surface area contributed by atoms with Crippen molar-refractivity contribution >= 4 is 29.2 Å². The van der Waals surface area contributed by atoms with E-state index in [1.807, 2.05) is 12.1 Å². The number of anilines is 2. The van der Waals surface area contributed by atoms with E-state index < -0.39 is 11.6 Å². The van der Waals surface area contributed by atoms with Gasteiger partial charge in [0, 0.05) is 18.7 Å². The van der Waals surface area contributed by atoms with E-state index in [2.05, 4.69) is 5.32 Å². The van der Waals surface area contributed by atoms with Gasteiger partial charge >= 0.3 is 5.97 Å². The molecule has 0 radical (unpaired) electrons. The first-order chi connectivity index (χ1) is 14.2. The van der Waals surface area contributed by atoms with Crippen LogP contribution in [0, 0.1) is 0 Å². The standard InChI is InChI=1S/C23H26N2O5/c1-15(2)29-21(27)16-8-7-9-17(14-16)24-20(26)12-13-25-18-10-5-6-11-19(18)30-23(3,4)22(25)28/h5-11,14-15H,12-13H2,1-4H3,(H,24,26). The van der Waals surface area contributed by atoms with Crippen molar-refractivity contribution < 1.29 is 23.9 Å². The number of amides is 2. The molecule has 0 fully saturated rings. The number of hydrogen-bond donors (Lipinski definition) is 1. The molecule has 2 aromatic rings. The molecule has 0 saturated carbocycles. The monoisotopic (exact) mass is 410 g/mol. The summed E-state index contributed by atoms with van der Waals surface area (Å²) >= 11 is 0. The fraction of sp³-hybridized carbons (Fsp3) is 0.348. The number of benzene rings is 2. The highest BCUT2D eigenvalue weighted by atomic mass is 16.5. The molecule has 0 spiro atoms. The van der Waals surface area contributed by atoms with Crippen LogP contribution in [0.4, 0.5) is 11.4 Å². The Morgan fingerprint density at radius 1 is 1.13 bits per heavy atom. The lowest BCUT2D eigenvalue weighted by atomic mass is 10.0.